The van der Waals surface area contributed by atoms with Gasteiger partial charge in [0.1, 0.15) is 12.4 Å². The minimum atomic E-state index is -2.02. The van der Waals surface area contributed by atoms with Crippen LogP contribution in [-0.4, -0.2) is 13.7 Å². The van der Waals surface area contributed by atoms with Gasteiger partial charge in [0.2, 0.25) is 11.2 Å². The average Bonchev–Trinajstić information content (AvgIpc) is 2.18. The zero-order valence-electron chi connectivity index (χ0n) is 7.77. The number of benzene rings is 1. The molecule has 1 rings (SSSR count). The van der Waals surface area contributed by atoms with Crippen molar-refractivity contribution in [3.05, 3.63) is 29.8 Å². The Labute approximate surface area is 88.6 Å². The van der Waals surface area contributed by atoms with Gasteiger partial charge >= 0.3 is 7.38 Å². The van der Waals surface area contributed by atoms with Gasteiger partial charge in [-0.1, -0.05) is 12.1 Å². The van der Waals surface area contributed by atoms with Gasteiger partial charge in [-0.2, -0.15) is 0 Å². The molecule has 0 fully saturated rings. The molecule has 3 nitrogen and oxygen atoms in total. The van der Waals surface area contributed by atoms with Crippen molar-refractivity contribution in [2.24, 2.45) is 0 Å². The Morgan fingerprint density at radius 1 is 1.50 bits per heavy atom. The maximum absolute atomic E-state index is 10.4. The third-order valence-electron chi connectivity index (χ3n) is 1.72. The second kappa shape index (κ2) is 5.97. The van der Waals surface area contributed by atoms with Gasteiger partial charge in [-0.3, -0.25) is 0 Å². The first-order chi connectivity index (χ1) is 6.72. The van der Waals surface area contributed by atoms with Crippen LogP contribution in [0.25, 0.3) is 0 Å². The summed E-state index contributed by atoms with van der Waals surface area (Å²) in [5, 5.41) is 0. The zero-order valence-corrected chi connectivity index (χ0v) is 9.42. The van der Waals surface area contributed by atoms with Gasteiger partial charge in [0, 0.05) is 6.42 Å². The molecule has 0 aliphatic carbocycles. The van der Waals surface area contributed by atoms with Crippen molar-refractivity contribution in [3.63, 3.8) is 0 Å². The highest BCUT2D eigenvalue weighted by atomic mass is 35.7. The molecule has 0 saturated heterocycles. The lowest BCUT2D eigenvalue weighted by Crippen LogP contribution is -1.93. The Balaban J connectivity index is 2.46. The molecule has 0 N–H and O–H groups in total. The predicted octanol–water partition coefficient (Wildman–Crippen LogP) is 3.15. The molecule has 0 heterocycles. The molecule has 1 aromatic rings. The largest absolute Gasteiger partial charge is 0.633 e. The van der Waals surface area contributed by atoms with E-state index < -0.39 is 7.38 Å². The van der Waals surface area contributed by atoms with Crippen molar-refractivity contribution >= 4 is 18.6 Å². The molecule has 0 spiro atoms. The summed E-state index contributed by atoms with van der Waals surface area (Å²) in [4.78, 5) is 0. The number of hydrogen-bond donors (Lipinski definition) is 0. The van der Waals surface area contributed by atoms with Crippen molar-refractivity contribution in [2.75, 3.05) is 13.7 Å². The highest BCUT2D eigenvalue weighted by Crippen LogP contribution is 2.27. The average molecular weight is 234 g/mol. The molecule has 0 aliphatic heterocycles. The highest BCUT2D eigenvalue weighted by Gasteiger charge is 2.11. The van der Waals surface area contributed by atoms with Crippen LogP contribution in [0.3, 0.4) is 0 Å². The topological polar surface area (TPSA) is 35.5 Å². The smallest absolute Gasteiger partial charge is 0.497 e. The van der Waals surface area contributed by atoms with Crippen molar-refractivity contribution in [1.29, 1.82) is 0 Å². The fourth-order valence-corrected chi connectivity index (χ4v) is 1.51. The van der Waals surface area contributed by atoms with Gasteiger partial charge in [0.25, 0.3) is 0 Å². The Morgan fingerprint density at radius 3 is 2.93 bits per heavy atom. The Hall–Kier alpha value is -0.630. The van der Waals surface area contributed by atoms with Crippen LogP contribution in [0, 0.1) is 0 Å². The normalized spacial score (nSPS) is 11.1. The van der Waals surface area contributed by atoms with E-state index in [1.54, 1.807) is 7.11 Å². The van der Waals surface area contributed by atoms with Crippen molar-refractivity contribution < 1.29 is 13.8 Å². The molecule has 0 saturated carbocycles. The Bertz CT molecular complexity index is 317. The van der Waals surface area contributed by atoms with Gasteiger partial charge < -0.3 is 4.74 Å². The van der Waals surface area contributed by atoms with E-state index in [2.05, 4.69) is 0 Å². The van der Waals surface area contributed by atoms with Crippen molar-refractivity contribution in [2.45, 2.75) is 6.42 Å². The number of rotatable bonds is 5. The lowest BCUT2D eigenvalue weighted by atomic mass is 10.1. The summed E-state index contributed by atoms with van der Waals surface area (Å²) in [5.74, 6) is 0.803. The SMILES string of the molecule is COc1cccc(CCO[P+](=O)Cl)c1. The lowest BCUT2D eigenvalue weighted by Gasteiger charge is -2.01. The standard InChI is InChI=1S/C9H11ClO3P/c1-12-9-4-2-3-8(7-9)5-6-13-14(10)11/h2-4,7H,5-6H2,1H3/q+1. The number of halogens is 1. The number of ether oxygens (including phenoxy) is 1. The van der Waals surface area contributed by atoms with Crippen LogP contribution in [-0.2, 0) is 15.5 Å². The fraction of sp³-hybridized carbons (Fsp3) is 0.333. The monoisotopic (exact) mass is 233 g/mol. The number of methoxy groups -OCH3 is 1. The van der Waals surface area contributed by atoms with E-state index in [9.17, 15) is 4.57 Å². The van der Waals surface area contributed by atoms with Crippen LogP contribution < -0.4 is 4.74 Å². The maximum atomic E-state index is 10.4. The second-order valence-corrected chi connectivity index (χ2v) is 4.16. The van der Waals surface area contributed by atoms with E-state index in [0.717, 1.165) is 11.3 Å². The van der Waals surface area contributed by atoms with E-state index in [1.807, 2.05) is 24.3 Å². The van der Waals surface area contributed by atoms with Crippen LogP contribution in [0.5, 0.6) is 5.75 Å². The Kier molecular flexibility index (Phi) is 4.88. The van der Waals surface area contributed by atoms with E-state index in [1.165, 1.54) is 0 Å². The van der Waals surface area contributed by atoms with Crippen LogP contribution in [0.1, 0.15) is 5.56 Å². The van der Waals surface area contributed by atoms with E-state index in [-0.39, 0.29) is 0 Å². The van der Waals surface area contributed by atoms with E-state index >= 15 is 0 Å². The van der Waals surface area contributed by atoms with Crippen molar-refractivity contribution in [1.82, 2.24) is 0 Å². The van der Waals surface area contributed by atoms with Crippen LogP contribution in [0.4, 0.5) is 0 Å². The fourth-order valence-electron chi connectivity index (χ4n) is 1.06. The quantitative estimate of drug-likeness (QED) is 0.733. The third-order valence-corrected chi connectivity index (χ3v) is 2.40. The first-order valence-corrected chi connectivity index (χ1v) is 6.19. The first-order valence-electron chi connectivity index (χ1n) is 4.11. The molecule has 76 valence electrons. The molecule has 1 unspecified atom stereocenters. The predicted molar refractivity (Wildman–Crippen MR) is 56.1 cm³/mol. The second-order valence-electron chi connectivity index (χ2n) is 2.65. The molecule has 1 aromatic carbocycles. The minimum Gasteiger partial charge on any atom is -0.497 e. The van der Waals surface area contributed by atoms with Gasteiger partial charge in [-0.25, -0.2) is 0 Å². The summed E-state index contributed by atoms with van der Waals surface area (Å²) in [6.45, 7) is 0.353. The van der Waals surface area contributed by atoms with E-state index in [4.69, 9.17) is 20.5 Å². The lowest BCUT2D eigenvalue weighted by molar-refractivity contribution is 0.342. The molecular weight excluding hydrogens is 223 g/mol. The summed E-state index contributed by atoms with van der Waals surface area (Å²) in [7, 11) is -0.401. The van der Waals surface area contributed by atoms with Crippen LogP contribution in [0.2, 0.25) is 0 Å². The molecule has 0 amide bonds. The summed E-state index contributed by atoms with van der Waals surface area (Å²) in [6, 6.07) is 7.62. The zero-order chi connectivity index (χ0) is 10.4. The molecule has 0 bridgehead atoms. The van der Waals surface area contributed by atoms with Crippen molar-refractivity contribution in [3.8, 4) is 5.75 Å². The summed E-state index contributed by atoms with van der Waals surface area (Å²) in [6.07, 6.45) is 0.672. The molecule has 0 radical (unpaired) electrons. The molecule has 5 heteroatoms. The molecule has 0 aromatic heterocycles. The van der Waals surface area contributed by atoms with Gasteiger partial charge in [-0.05, 0) is 22.3 Å². The van der Waals surface area contributed by atoms with Crippen LogP contribution >= 0.6 is 18.6 Å². The third kappa shape index (κ3) is 4.05. The molecular formula is C9H11ClO3P+. The van der Waals surface area contributed by atoms with Gasteiger partial charge in [-0.15, -0.1) is 4.52 Å². The summed E-state index contributed by atoms with van der Waals surface area (Å²) < 4.78 is 20.2. The first kappa shape index (κ1) is 11.4. The maximum Gasteiger partial charge on any atom is 0.633 e. The minimum absolute atomic E-state index is 0.353. The highest BCUT2D eigenvalue weighted by molar-refractivity contribution is 7.69. The summed E-state index contributed by atoms with van der Waals surface area (Å²) >= 11 is 5.16. The molecule has 14 heavy (non-hydrogen) atoms. The summed E-state index contributed by atoms with van der Waals surface area (Å²) in [5.41, 5.74) is 1.07. The van der Waals surface area contributed by atoms with E-state index in [0.29, 0.717) is 13.0 Å². The molecule has 0 aliphatic rings. The molecule has 1 atom stereocenters. The Morgan fingerprint density at radius 2 is 2.29 bits per heavy atom. The van der Waals surface area contributed by atoms with Crippen LogP contribution in [0.15, 0.2) is 24.3 Å². The van der Waals surface area contributed by atoms with Gasteiger partial charge in [0.15, 0.2) is 0 Å². The number of hydrogen-bond acceptors (Lipinski definition) is 3. The van der Waals surface area contributed by atoms with Gasteiger partial charge in [0.05, 0.1) is 7.11 Å².